The highest BCUT2D eigenvalue weighted by Crippen LogP contribution is 2.18. The van der Waals surface area contributed by atoms with E-state index in [0.717, 1.165) is 12.8 Å². The van der Waals surface area contributed by atoms with E-state index in [-0.39, 0.29) is 11.9 Å². The van der Waals surface area contributed by atoms with Gasteiger partial charge in [-0.05, 0) is 31.5 Å². The van der Waals surface area contributed by atoms with Crippen LogP contribution in [0.3, 0.4) is 0 Å². The molecule has 0 saturated carbocycles. The molecule has 0 aliphatic rings. The van der Waals surface area contributed by atoms with E-state index >= 15 is 0 Å². The Morgan fingerprint density at radius 1 is 1.41 bits per heavy atom. The van der Waals surface area contributed by atoms with E-state index in [0.29, 0.717) is 16.9 Å². The van der Waals surface area contributed by atoms with Gasteiger partial charge in [-0.25, -0.2) is 0 Å². The van der Waals surface area contributed by atoms with Crippen LogP contribution in [0.25, 0.3) is 0 Å². The monoisotopic (exact) mass is 235 g/mol. The molecule has 0 aromatic heterocycles. The number of carbonyl (C=O) groups is 1. The molecule has 0 aliphatic heterocycles. The molecule has 1 aromatic carbocycles. The molecule has 94 valence electrons. The largest absolute Gasteiger partial charge is 0.399 e. The van der Waals surface area contributed by atoms with Crippen LogP contribution in [0.5, 0.6) is 0 Å². The fraction of sp³-hybridized carbons (Fsp3) is 0.462. The van der Waals surface area contributed by atoms with E-state index in [4.69, 9.17) is 11.5 Å². The Hall–Kier alpha value is -1.71. The van der Waals surface area contributed by atoms with Crippen LogP contribution in [0.4, 0.5) is 11.4 Å². The van der Waals surface area contributed by atoms with Gasteiger partial charge < -0.3 is 16.4 Å². The molecule has 0 radical (unpaired) electrons. The van der Waals surface area contributed by atoms with Gasteiger partial charge in [-0.3, -0.25) is 4.79 Å². The molecule has 0 saturated heterocycles. The molecule has 4 heteroatoms. The van der Waals surface area contributed by atoms with Crippen molar-refractivity contribution in [2.75, 3.05) is 18.5 Å². The minimum atomic E-state index is -0.0524. The first-order valence-electron chi connectivity index (χ1n) is 5.89. The highest BCUT2D eigenvalue weighted by Gasteiger charge is 2.18. The van der Waals surface area contributed by atoms with Gasteiger partial charge in [0.1, 0.15) is 0 Å². The minimum Gasteiger partial charge on any atom is -0.399 e. The van der Waals surface area contributed by atoms with E-state index in [1.165, 1.54) is 0 Å². The summed E-state index contributed by atoms with van der Waals surface area (Å²) in [4.78, 5) is 13.9. The quantitative estimate of drug-likeness (QED) is 0.785. The van der Waals surface area contributed by atoms with Crippen LogP contribution in [0, 0.1) is 0 Å². The summed E-state index contributed by atoms with van der Waals surface area (Å²) in [6.45, 7) is 4.14. The lowest BCUT2D eigenvalue weighted by Gasteiger charge is -2.25. The average Bonchev–Trinajstić information content (AvgIpc) is 2.27. The van der Waals surface area contributed by atoms with Crippen molar-refractivity contribution in [2.24, 2.45) is 0 Å². The molecule has 1 aromatic rings. The summed E-state index contributed by atoms with van der Waals surface area (Å²) in [5.41, 5.74) is 12.9. The number of nitrogens with zero attached hydrogens (tertiary/aromatic N) is 1. The summed E-state index contributed by atoms with van der Waals surface area (Å²) in [7, 11) is 1.80. The lowest BCUT2D eigenvalue weighted by molar-refractivity contribution is 0.0738. The second kappa shape index (κ2) is 5.57. The predicted octanol–water partition coefficient (Wildman–Crippen LogP) is 2.11. The van der Waals surface area contributed by atoms with Gasteiger partial charge in [0.15, 0.2) is 0 Å². The number of nitrogens with two attached hydrogens (primary N) is 2. The Morgan fingerprint density at radius 3 is 2.59 bits per heavy atom. The molecule has 1 rings (SSSR count). The maximum atomic E-state index is 12.2. The molecule has 0 heterocycles. The van der Waals surface area contributed by atoms with Crippen molar-refractivity contribution in [3.63, 3.8) is 0 Å². The van der Waals surface area contributed by atoms with Crippen molar-refractivity contribution in [1.29, 1.82) is 0 Å². The smallest absolute Gasteiger partial charge is 0.255 e. The zero-order valence-corrected chi connectivity index (χ0v) is 10.7. The normalized spacial score (nSPS) is 12.2. The summed E-state index contributed by atoms with van der Waals surface area (Å²) in [5.74, 6) is -0.0524. The fourth-order valence-corrected chi connectivity index (χ4v) is 1.78. The Morgan fingerprint density at radius 2 is 2.06 bits per heavy atom. The van der Waals surface area contributed by atoms with Crippen LogP contribution in [-0.4, -0.2) is 23.9 Å². The third kappa shape index (κ3) is 3.12. The topological polar surface area (TPSA) is 72.3 Å². The average molecular weight is 235 g/mol. The highest BCUT2D eigenvalue weighted by molar-refractivity contribution is 5.99. The van der Waals surface area contributed by atoms with Crippen LogP contribution in [0.2, 0.25) is 0 Å². The molecular weight excluding hydrogens is 214 g/mol. The second-order valence-corrected chi connectivity index (χ2v) is 4.40. The van der Waals surface area contributed by atoms with Gasteiger partial charge in [0.2, 0.25) is 0 Å². The first-order valence-corrected chi connectivity index (χ1v) is 5.89. The first-order chi connectivity index (χ1) is 7.97. The number of benzene rings is 1. The first kappa shape index (κ1) is 13.4. The maximum Gasteiger partial charge on any atom is 0.255 e. The Labute approximate surface area is 103 Å². The van der Waals surface area contributed by atoms with Crippen LogP contribution in [-0.2, 0) is 0 Å². The van der Waals surface area contributed by atoms with Crippen LogP contribution in [0.1, 0.15) is 37.0 Å². The van der Waals surface area contributed by atoms with E-state index in [1.54, 1.807) is 30.1 Å². The number of hydrogen-bond donors (Lipinski definition) is 2. The predicted molar refractivity (Wildman–Crippen MR) is 71.7 cm³/mol. The van der Waals surface area contributed by atoms with Crippen LogP contribution in [0.15, 0.2) is 18.2 Å². The summed E-state index contributed by atoms with van der Waals surface area (Å²) in [6, 6.07) is 5.21. The number of carbonyl (C=O) groups excluding carboxylic acids is 1. The molecule has 1 unspecified atom stereocenters. The van der Waals surface area contributed by atoms with Crippen molar-refractivity contribution >= 4 is 17.3 Å². The summed E-state index contributed by atoms with van der Waals surface area (Å²) < 4.78 is 0. The van der Waals surface area contributed by atoms with Crippen molar-refractivity contribution in [3.8, 4) is 0 Å². The zero-order chi connectivity index (χ0) is 13.0. The molecule has 4 nitrogen and oxygen atoms in total. The molecule has 17 heavy (non-hydrogen) atoms. The van der Waals surface area contributed by atoms with Gasteiger partial charge in [-0.2, -0.15) is 0 Å². The maximum absolute atomic E-state index is 12.2. The van der Waals surface area contributed by atoms with Crippen molar-refractivity contribution < 1.29 is 4.79 Å². The van der Waals surface area contributed by atoms with E-state index in [1.807, 2.05) is 6.92 Å². The van der Waals surface area contributed by atoms with Gasteiger partial charge in [0.25, 0.3) is 5.91 Å². The van der Waals surface area contributed by atoms with E-state index in [9.17, 15) is 4.79 Å². The SMILES string of the molecule is CCCC(C)N(C)C(=O)c1ccc(N)cc1N. The van der Waals surface area contributed by atoms with E-state index in [2.05, 4.69) is 6.92 Å². The van der Waals surface area contributed by atoms with Crippen LogP contribution >= 0.6 is 0 Å². The molecular formula is C13H21N3O. The lowest BCUT2D eigenvalue weighted by atomic mass is 10.1. The van der Waals surface area contributed by atoms with E-state index < -0.39 is 0 Å². The van der Waals surface area contributed by atoms with Gasteiger partial charge in [0, 0.05) is 24.5 Å². The minimum absolute atomic E-state index is 0.0524. The highest BCUT2D eigenvalue weighted by atomic mass is 16.2. The standard InChI is InChI=1S/C13H21N3O/c1-4-5-9(2)16(3)13(17)11-7-6-10(14)8-12(11)15/h6-9H,4-5,14-15H2,1-3H3. The lowest BCUT2D eigenvalue weighted by Crippen LogP contribution is -2.35. The molecule has 1 amide bonds. The molecule has 0 spiro atoms. The van der Waals surface area contributed by atoms with Gasteiger partial charge in [-0.1, -0.05) is 13.3 Å². The number of rotatable bonds is 4. The molecule has 0 aliphatic carbocycles. The number of nitrogen functional groups attached to an aromatic ring is 2. The van der Waals surface area contributed by atoms with Gasteiger partial charge in [0.05, 0.1) is 5.56 Å². The summed E-state index contributed by atoms with van der Waals surface area (Å²) in [6.07, 6.45) is 2.03. The Balaban J connectivity index is 2.88. The fourth-order valence-electron chi connectivity index (χ4n) is 1.78. The molecule has 0 bridgehead atoms. The third-order valence-electron chi connectivity index (χ3n) is 2.99. The molecule has 0 fully saturated rings. The van der Waals surface area contributed by atoms with Crippen molar-refractivity contribution in [2.45, 2.75) is 32.7 Å². The van der Waals surface area contributed by atoms with Crippen molar-refractivity contribution in [1.82, 2.24) is 4.90 Å². The number of anilines is 2. The Kier molecular flexibility index (Phi) is 4.37. The third-order valence-corrected chi connectivity index (χ3v) is 2.99. The summed E-state index contributed by atoms with van der Waals surface area (Å²) >= 11 is 0. The van der Waals surface area contributed by atoms with Crippen molar-refractivity contribution in [3.05, 3.63) is 23.8 Å². The number of amides is 1. The molecule has 4 N–H and O–H groups in total. The van der Waals surface area contributed by atoms with Gasteiger partial charge in [-0.15, -0.1) is 0 Å². The Bertz CT molecular complexity index is 404. The molecule has 1 atom stereocenters. The zero-order valence-electron chi connectivity index (χ0n) is 10.7. The second-order valence-electron chi connectivity index (χ2n) is 4.40. The van der Waals surface area contributed by atoms with Gasteiger partial charge >= 0.3 is 0 Å². The summed E-state index contributed by atoms with van der Waals surface area (Å²) in [5, 5.41) is 0. The number of hydrogen-bond acceptors (Lipinski definition) is 3. The van der Waals surface area contributed by atoms with Crippen LogP contribution < -0.4 is 11.5 Å².